The molecule has 48 valence electrons. The van der Waals surface area contributed by atoms with E-state index in [1.165, 1.54) is 0 Å². The predicted molar refractivity (Wildman–Crippen MR) is 11.5 cm³/mol. The summed E-state index contributed by atoms with van der Waals surface area (Å²) in [6.07, 6.45) is 0. The molecule has 0 aliphatic rings. The SMILES string of the molecule is [La+3].[O-]B([O-])[O-].[O-]B([O-])[O-].[Sc+3]. The third-order valence-electron chi connectivity index (χ3n) is 0. The third kappa shape index (κ3) is 209. The summed E-state index contributed by atoms with van der Waals surface area (Å²) in [6, 6.07) is 0. The van der Waals surface area contributed by atoms with E-state index in [2.05, 4.69) is 0 Å². The number of hydrogen-bond acceptors (Lipinski definition) is 6. The van der Waals surface area contributed by atoms with E-state index >= 15 is 0 Å². The molecule has 0 N–H and O–H groups in total. The van der Waals surface area contributed by atoms with Crippen molar-refractivity contribution in [3.05, 3.63) is 0 Å². The van der Waals surface area contributed by atoms with Crippen molar-refractivity contribution in [2.75, 3.05) is 0 Å². The molecule has 0 aliphatic heterocycles. The van der Waals surface area contributed by atoms with Gasteiger partial charge in [0.2, 0.25) is 0 Å². The van der Waals surface area contributed by atoms with E-state index in [1.54, 1.807) is 0 Å². The zero-order valence-corrected chi connectivity index (χ0v) is 10.2. The third-order valence-corrected chi connectivity index (χ3v) is 0. The van der Waals surface area contributed by atoms with E-state index in [4.69, 9.17) is 30.1 Å². The minimum Gasteiger partial charge on any atom is -0.907 e. The van der Waals surface area contributed by atoms with Gasteiger partial charge in [-0.1, -0.05) is 0 Å². The van der Waals surface area contributed by atoms with E-state index in [9.17, 15) is 0 Å². The van der Waals surface area contributed by atoms with Crippen LogP contribution in [0, 0.1) is 35.6 Å². The van der Waals surface area contributed by atoms with Crippen molar-refractivity contribution in [2.24, 2.45) is 0 Å². The Balaban J connectivity index is -0.0000000300. The van der Waals surface area contributed by atoms with Crippen molar-refractivity contribution in [2.45, 2.75) is 0 Å². The van der Waals surface area contributed by atoms with Crippen LogP contribution >= 0.6 is 0 Å². The van der Waals surface area contributed by atoms with Crippen LogP contribution in [0.1, 0.15) is 0 Å². The van der Waals surface area contributed by atoms with E-state index in [0.29, 0.717) is 0 Å². The van der Waals surface area contributed by atoms with Crippen molar-refractivity contribution in [3.63, 3.8) is 0 Å². The van der Waals surface area contributed by atoms with Crippen LogP contribution in [0.4, 0.5) is 0 Å². The number of rotatable bonds is 0. The van der Waals surface area contributed by atoms with Gasteiger partial charge < -0.3 is 30.1 Å². The molecule has 0 spiro atoms. The average Bonchev–Trinajstić information content (AvgIpc) is 1.25. The summed E-state index contributed by atoms with van der Waals surface area (Å²) in [6.45, 7) is 0. The molecule has 0 aromatic rings. The second-order valence-electron chi connectivity index (χ2n) is 0.577. The Hall–Kier alpha value is 1.95. The Bertz CT molecular complexity index is 31.2. The van der Waals surface area contributed by atoms with Gasteiger partial charge in [-0.05, 0) is 0 Å². The smallest absolute Gasteiger partial charge is 0.907 e. The van der Waals surface area contributed by atoms with Gasteiger partial charge in [-0.25, -0.2) is 0 Å². The zero-order chi connectivity index (χ0) is 7.15. The van der Waals surface area contributed by atoms with Crippen molar-refractivity contribution in [3.8, 4) is 0 Å². The first-order valence-electron chi connectivity index (χ1n) is 1.41. The van der Waals surface area contributed by atoms with Crippen LogP contribution in [0.2, 0.25) is 0 Å². The molecule has 0 atom stereocenters. The molecule has 6 nitrogen and oxygen atoms in total. The number of hydrogen-bond donors (Lipinski definition) is 0. The Labute approximate surface area is 105 Å². The molecular weight excluding hydrogens is 301 g/mol. The molecule has 0 saturated carbocycles. The molecule has 0 bridgehead atoms. The molecule has 0 amide bonds. The van der Waals surface area contributed by atoms with Crippen molar-refractivity contribution >= 4 is 14.6 Å². The molecule has 0 fully saturated rings. The molecule has 0 unspecified atom stereocenters. The van der Waals surface area contributed by atoms with Gasteiger partial charge in [-0.3, -0.25) is 14.6 Å². The van der Waals surface area contributed by atoms with Crippen LogP contribution in [0.25, 0.3) is 0 Å². The van der Waals surface area contributed by atoms with Crippen LogP contribution in [0.15, 0.2) is 0 Å². The monoisotopic (exact) mass is 302 g/mol. The van der Waals surface area contributed by atoms with Gasteiger partial charge >= 0.3 is 61.4 Å². The van der Waals surface area contributed by atoms with Gasteiger partial charge in [0.15, 0.2) is 0 Å². The second-order valence-corrected chi connectivity index (χ2v) is 0.577. The van der Waals surface area contributed by atoms with Crippen molar-refractivity contribution in [1.82, 2.24) is 0 Å². The second kappa shape index (κ2) is 17.2. The summed E-state index contributed by atoms with van der Waals surface area (Å²) in [4.78, 5) is 0. The maximum absolute atomic E-state index is 8.42. The molecular formula is B2LaO6Sc. The van der Waals surface area contributed by atoms with Crippen LogP contribution in [-0.2, 0) is 25.8 Å². The van der Waals surface area contributed by atoms with Crippen LogP contribution in [-0.4, -0.2) is 14.6 Å². The van der Waals surface area contributed by atoms with Crippen LogP contribution in [0.5, 0.6) is 0 Å². The van der Waals surface area contributed by atoms with Gasteiger partial charge in [0.1, 0.15) is 0 Å². The van der Waals surface area contributed by atoms with E-state index in [0.717, 1.165) is 0 Å². The van der Waals surface area contributed by atoms with Gasteiger partial charge in [-0.2, -0.15) is 0 Å². The maximum Gasteiger partial charge on any atom is 3.00 e. The van der Waals surface area contributed by atoms with Gasteiger partial charge in [-0.15, -0.1) is 0 Å². The summed E-state index contributed by atoms with van der Waals surface area (Å²) in [7, 11) is -5.83. The Morgan fingerprint density at radius 3 is 0.600 bits per heavy atom. The van der Waals surface area contributed by atoms with E-state index < -0.39 is 14.6 Å². The van der Waals surface area contributed by atoms with E-state index in [1.807, 2.05) is 0 Å². The van der Waals surface area contributed by atoms with Gasteiger partial charge in [0.05, 0.1) is 0 Å². The molecule has 0 aromatic carbocycles. The molecule has 0 heterocycles. The average molecular weight is 301 g/mol. The minimum atomic E-state index is -2.92. The Morgan fingerprint density at radius 2 is 0.600 bits per heavy atom. The maximum atomic E-state index is 8.42. The summed E-state index contributed by atoms with van der Waals surface area (Å²) < 4.78 is 0. The zero-order valence-electron chi connectivity index (χ0n) is 4.76. The molecule has 0 aromatic heterocycles. The fraction of sp³-hybridized carbons (Fsp3) is 0. The Morgan fingerprint density at radius 1 is 0.600 bits per heavy atom. The first-order valence-corrected chi connectivity index (χ1v) is 1.41. The van der Waals surface area contributed by atoms with Crippen molar-refractivity contribution in [1.29, 1.82) is 0 Å². The molecule has 0 aliphatic carbocycles. The normalized spacial score (nSPS) is 5.40. The first-order chi connectivity index (χ1) is 3.46. The molecule has 0 radical (unpaired) electrons. The molecule has 10 heavy (non-hydrogen) atoms. The predicted octanol–water partition coefficient (Wildman–Crippen LogP) is -7.90. The largest absolute Gasteiger partial charge is 3.00 e. The first kappa shape index (κ1) is 22.7. The standard InChI is InChI=1S/2BO3.La.Sc/c2*2-1(3)4;;/q2*-3;2*+3. The summed E-state index contributed by atoms with van der Waals surface area (Å²) in [5, 5.41) is 50.5. The quantitative estimate of drug-likeness (QED) is 0.407. The summed E-state index contributed by atoms with van der Waals surface area (Å²) in [5.74, 6) is 0. The molecule has 0 saturated heterocycles. The molecule has 10 heteroatoms. The topological polar surface area (TPSA) is 138 Å². The van der Waals surface area contributed by atoms with Gasteiger partial charge in [0, 0.05) is 0 Å². The molecule has 0 rings (SSSR count). The van der Waals surface area contributed by atoms with Crippen LogP contribution in [0.3, 0.4) is 0 Å². The van der Waals surface area contributed by atoms with Gasteiger partial charge in [0.25, 0.3) is 0 Å². The van der Waals surface area contributed by atoms with Crippen molar-refractivity contribution < 1.29 is 91.6 Å². The fourth-order valence-electron chi connectivity index (χ4n) is 0. The minimum absolute atomic E-state index is 0. The summed E-state index contributed by atoms with van der Waals surface area (Å²) in [5.41, 5.74) is 0. The summed E-state index contributed by atoms with van der Waals surface area (Å²) >= 11 is 0. The van der Waals surface area contributed by atoms with E-state index in [-0.39, 0.29) is 61.4 Å². The fourth-order valence-corrected chi connectivity index (χ4v) is 0. The Kier molecular flexibility index (Phi) is 38.9. The van der Waals surface area contributed by atoms with Crippen LogP contribution < -0.4 is 30.1 Å².